The molecule has 0 saturated carbocycles. The normalized spacial score (nSPS) is 11.4. The number of esters is 1. The zero-order chi connectivity index (χ0) is 21.1. The molecule has 0 radical (unpaired) electrons. The van der Waals surface area contributed by atoms with Crippen molar-refractivity contribution in [1.29, 1.82) is 0 Å². The number of nitrogens with zero attached hydrogens (tertiary/aromatic N) is 1. The highest BCUT2D eigenvalue weighted by Crippen LogP contribution is 2.26. The molecule has 0 spiro atoms. The molecule has 28 heavy (non-hydrogen) atoms. The van der Waals surface area contributed by atoms with E-state index in [4.69, 9.17) is 16.3 Å². The lowest BCUT2D eigenvalue weighted by atomic mass is 10.1. The summed E-state index contributed by atoms with van der Waals surface area (Å²) in [5.41, 5.74) is 2.25. The van der Waals surface area contributed by atoms with E-state index in [-0.39, 0.29) is 15.6 Å². The average Bonchev–Trinajstić information content (AvgIpc) is 2.63. The zero-order valence-electron chi connectivity index (χ0n) is 15.9. The molecule has 7 nitrogen and oxygen atoms in total. The number of nitrogens with one attached hydrogen (secondary N) is 1. The standard InChI is InChI=1S/C19H21ClN2O5S/c1-12-5-6-13(2)15(9-12)19(24)27-11-18(23)21-14-7-8-16(20)17(10-14)28(25,26)22(3)4/h5-10H,11H2,1-4H3,(H,21,23). The number of ether oxygens (including phenoxy) is 1. The molecular formula is C19H21ClN2O5S. The Hall–Kier alpha value is -2.42. The van der Waals surface area contributed by atoms with Crippen LogP contribution in [0.5, 0.6) is 0 Å². The van der Waals surface area contributed by atoms with Crippen LogP contribution in [-0.2, 0) is 19.6 Å². The molecule has 0 aromatic heterocycles. The van der Waals surface area contributed by atoms with Crippen molar-refractivity contribution in [1.82, 2.24) is 4.31 Å². The highest BCUT2D eigenvalue weighted by Gasteiger charge is 2.21. The predicted octanol–water partition coefficient (Wildman–Crippen LogP) is 3.00. The fraction of sp³-hybridized carbons (Fsp3) is 0.263. The molecule has 2 aromatic carbocycles. The molecule has 0 saturated heterocycles. The van der Waals surface area contributed by atoms with Crippen LogP contribution < -0.4 is 5.32 Å². The van der Waals surface area contributed by atoms with Gasteiger partial charge in [-0.1, -0.05) is 29.3 Å². The molecule has 0 aliphatic heterocycles. The first-order chi connectivity index (χ1) is 13.0. The minimum atomic E-state index is -3.77. The second-order valence-corrected chi connectivity index (χ2v) is 8.90. The van der Waals surface area contributed by atoms with Gasteiger partial charge in [-0.25, -0.2) is 17.5 Å². The minimum Gasteiger partial charge on any atom is -0.452 e. The van der Waals surface area contributed by atoms with Gasteiger partial charge >= 0.3 is 5.97 Å². The predicted molar refractivity (Wildman–Crippen MR) is 107 cm³/mol. The van der Waals surface area contributed by atoms with Crippen LogP contribution in [-0.4, -0.2) is 45.3 Å². The van der Waals surface area contributed by atoms with Crippen molar-refractivity contribution in [2.75, 3.05) is 26.0 Å². The number of amides is 1. The first-order valence-corrected chi connectivity index (χ1v) is 10.1. The number of aryl methyl sites for hydroxylation is 2. The number of anilines is 1. The Balaban J connectivity index is 2.08. The van der Waals surface area contributed by atoms with E-state index in [0.717, 1.165) is 15.4 Å². The summed E-state index contributed by atoms with van der Waals surface area (Å²) in [5, 5.41) is 2.53. The molecule has 0 fully saturated rings. The van der Waals surface area contributed by atoms with Crippen LogP contribution in [0.25, 0.3) is 0 Å². The first kappa shape index (κ1) is 21.9. The van der Waals surface area contributed by atoms with Crippen LogP contribution in [0, 0.1) is 13.8 Å². The Morgan fingerprint density at radius 1 is 1.11 bits per heavy atom. The second-order valence-electron chi connectivity index (χ2n) is 6.38. The lowest BCUT2D eigenvalue weighted by molar-refractivity contribution is -0.119. The van der Waals surface area contributed by atoms with Gasteiger partial charge in [0.15, 0.2) is 6.61 Å². The maximum absolute atomic E-state index is 12.3. The van der Waals surface area contributed by atoms with Crippen LogP contribution in [0.4, 0.5) is 5.69 Å². The van der Waals surface area contributed by atoms with Gasteiger partial charge in [-0.05, 0) is 43.7 Å². The van der Waals surface area contributed by atoms with Gasteiger partial charge in [-0.2, -0.15) is 0 Å². The SMILES string of the molecule is Cc1ccc(C)c(C(=O)OCC(=O)Nc2ccc(Cl)c(S(=O)(=O)N(C)C)c2)c1. The molecule has 0 aliphatic rings. The van der Waals surface area contributed by atoms with E-state index in [9.17, 15) is 18.0 Å². The van der Waals surface area contributed by atoms with Gasteiger partial charge in [0.05, 0.1) is 10.6 Å². The molecule has 1 N–H and O–H groups in total. The van der Waals surface area contributed by atoms with E-state index < -0.39 is 28.5 Å². The summed E-state index contributed by atoms with van der Waals surface area (Å²) in [6.07, 6.45) is 0. The van der Waals surface area contributed by atoms with Crippen molar-refractivity contribution in [2.24, 2.45) is 0 Å². The molecule has 0 bridgehead atoms. The molecule has 0 aliphatic carbocycles. The van der Waals surface area contributed by atoms with E-state index in [1.54, 1.807) is 19.1 Å². The lowest BCUT2D eigenvalue weighted by Gasteiger charge is -2.14. The molecule has 1 amide bonds. The van der Waals surface area contributed by atoms with Gasteiger partial charge in [0.25, 0.3) is 5.91 Å². The van der Waals surface area contributed by atoms with Crippen LogP contribution in [0.1, 0.15) is 21.5 Å². The van der Waals surface area contributed by atoms with Crippen LogP contribution in [0.3, 0.4) is 0 Å². The van der Waals surface area contributed by atoms with Gasteiger partial charge < -0.3 is 10.1 Å². The monoisotopic (exact) mass is 424 g/mol. The molecular weight excluding hydrogens is 404 g/mol. The van der Waals surface area contributed by atoms with Crippen molar-refractivity contribution in [3.8, 4) is 0 Å². The third kappa shape index (κ3) is 5.09. The number of benzene rings is 2. The number of carbonyl (C=O) groups excluding carboxylic acids is 2. The highest BCUT2D eigenvalue weighted by atomic mass is 35.5. The second kappa shape index (κ2) is 8.72. The molecule has 2 rings (SSSR count). The summed E-state index contributed by atoms with van der Waals surface area (Å²) in [4.78, 5) is 24.1. The Morgan fingerprint density at radius 3 is 2.43 bits per heavy atom. The Morgan fingerprint density at radius 2 is 1.79 bits per heavy atom. The van der Waals surface area contributed by atoms with Crippen molar-refractivity contribution in [2.45, 2.75) is 18.7 Å². The topological polar surface area (TPSA) is 92.8 Å². The fourth-order valence-corrected chi connectivity index (χ4v) is 3.73. The van der Waals surface area contributed by atoms with Crippen molar-refractivity contribution in [3.63, 3.8) is 0 Å². The third-order valence-electron chi connectivity index (χ3n) is 3.92. The minimum absolute atomic E-state index is 0.0352. The van der Waals surface area contributed by atoms with Crippen LogP contribution in [0.2, 0.25) is 5.02 Å². The number of halogens is 1. The van der Waals surface area contributed by atoms with E-state index >= 15 is 0 Å². The van der Waals surface area contributed by atoms with E-state index in [1.807, 2.05) is 13.0 Å². The summed E-state index contributed by atoms with van der Waals surface area (Å²) in [7, 11) is -1.01. The van der Waals surface area contributed by atoms with Gasteiger partial charge in [-0.3, -0.25) is 4.79 Å². The molecule has 2 aromatic rings. The summed E-state index contributed by atoms with van der Waals surface area (Å²) < 4.78 is 30.6. The lowest BCUT2D eigenvalue weighted by Crippen LogP contribution is -2.23. The number of sulfonamides is 1. The largest absolute Gasteiger partial charge is 0.452 e. The Labute approximate surface area is 169 Å². The maximum atomic E-state index is 12.3. The summed E-state index contributed by atoms with van der Waals surface area (Å²) >= 11 is 5.97. The van der Waals surface area contributed by atoms with Crippen molar-refractivity contribution < 1.29 is 22.7 Å². The zero-order valence-corrected chi connectivity index (χ0v) is 17.5. The first-order valence-electron chi connectivity index (χ1n) is 8.28. The molecule has 0 unspecified atom stereocenters. The summed E-state index contributed by atoms with van der Waals surface area (Å²) in [5.74, 6) is -1.21. The average molecular weight is 425 g/mol. The van der Waals surface area contributed by atoms with Crippen molar-refractivity contribution >= 4 is 39.2 Å². The third-order valence-corrected chi connectivity index (χ3v) is 6.22. The van der Waals surface area contributed by atoms with Crippen LogP contribution >= 0.6 is 11.6 Å². The number of rotatable bonds is 6. The summed E-state index contributed by atoms with van der Waals surface area (Å²) in [6.45, 7) is 3.12. The highest BCUT2D eigenvalue weighted by molar-refractivity contribution is 7.89. The Kier molecular flexibility index (Phi) is 6.82. The molecule has 0 atom stereocenters. The smallest absolute Gasteiger partial charge is 0.338 e. The summed E-state index contributed by atoms with van der Waals surface area (Å²) in [6, 6.07) is 9.44. The van der Waals surface area contributed by atoms with E-state index in [1.165, 1.54) is 32.3 Å². The van der Waals surface area contributed by atoms with E-state index in [0.29, 0.717) is 5.56 Å². The quantitative estimate of drug-likeness (QED) is 0.719. The van der Waals surface area contributed by atoms with Crippen LogP contribution in [0.15, 0.2) is 41.3 Å². The molecule has 0 heterocycles. The fourth-order valence-electron chi connectivity index (χ4n) is 2.34. The molecule has 9 heteroatoms. The maximum Gasteiger partial charge on any atom is 0.338 e. The van der Waals surface area contributed by atoms with Gasteiger partial charge in [-0.15, -0.1) is 0 Å². The van der Waals surface area contributed by atoms with Gasteiger partial charge in [0.2, 0.25) is 10.0 Å². The van der Waals surface area contributed by atoms with Gasteiger partial charge in [0.1, 0.15) is 4.90 Å². The number of carbonyl (C=O) groups is 2. The Bertz CT molecular complexity index is 1020. The number of hydrogen-bond acceptors (Lipinski definition) is 5. The molecule has 150 valence electrons. The van der Waals surface area contributed by atoms with Gasteiger partial charge in [0, 0.05) is 19.8 Å². The number of hydrogen-bond donors (Lipinski definition) is 1. The van der Waals surface area contributed by atoms with Crippen molar-refractivity contribution in [3.05, 3.63) is 58.1 Å². The van der Waals surface area contributed by atoms with E-state index in [2.05, 4.69) is 5.32 Å².